The van der Waals surface area contributed by atoms with Gasteiger partial charge in [-0.1, -0.05) is 0 Å². The van der Waals surface area contributed by atoms with Gasteiger partial charge in [0.25, 0.3) is 0 Å². The van der Waals surface area contributed by atoms with E-state index in [4.69, 9.17) is 4.74 Å². The molecule has 0 bridgehead atoms. The van der Waals surface area contributed by atoms with Crippen molar-refractivity contribution in [2.45, 2.75) is 32.2 Å². The highest BCUT2D eigenvalue weighted by atomic mass is 16.5. The predicted octanol–water partition coefficient (Wildman–Crippen LogP) is 0.281. The van der Waals surface area contributed by atoms with E-state index in [0.717, 1.165) is 45.6 Å². The zero-order chi connectivity index (χ0) is 10.2. The number of nitrogens with one attached hydrogen (secondary N) is 2. The minimum atomic E-state index is 0.0436. The molecule has 1 amide bonds. The minimum Gasteiger partial charge on any atom is -0.382 e. The fourth-order valence-electron chi connectivity index (χ4n) is 1.56. The lowest BCUT2D eigenvalue weighted by molar-refractivity contribution is -0.122. The molecule has 0 saturated carbocycles. The molecule has 4 heteroatoms. The van der Waals surface area contributed by atoms with Crippen molar-refractivity contribution in [3.8, 4) is 0 Å². The van der Waals surface area contributed by atoms with Crippen LogP contribution in [0.3, 0.4) is 0 Å². The quantitative estimate of drug-likeness (QED) is 0.606. The molecule has 0 aromatic carbocycles. The van der Waals surface area contributed by atoms with Crippen molar-refractivity contribution in [2.75, 3.05) is 26.3 Å². The topological polar surface area (TPSA) is 50.4 Å². The Balaban J connectivity index is 1.97. The lowest BCUT2D eigenvalue weighted by Crippen LogP contribution is -2.40. The van der Waals surface area contributed by atoms with E-state index in [9.17, 15) is 4.79 Å². The van der Waals surface area contributed by atoms with E-state index in [2.05, 4.69) is 10.6 Å². The Bertz CT molecular complexity index is 168. The molecule has 1 aliphatic heterocycles. The Labute approximate surface area is 85.4 Å². The molecule has 14 heavy (non-hydrogen) atoms. The number of ether oxygens (including phenoxy) is 1. The summed E-state index contributed by atoms with van der Waals surface area (Å²) < 4.78 is 5.17. The summed E-state index contributed by atoms with van der Waals surface area (Å²) in [5, 5.41) is 6.07. The molecule has 0 aliphatic carbocycles. The van der Waals surface area contributed by atoms with Crippen LogP contribution in [0.25, 0.3) is 0 Å². The van der Waals surface area contributed by atoms with Crippen molar-refractivity contribution < 1.29 is 9.53 Å². The van der Waals surface area contributed by atoms with Gasteiger partial charge in [0, 0.05) is 19.8 Å². The third-order valence-electron chi connectivity index (χ3n) is 2.35. The first-order valence-electron chi connectivity index (χ1n) is 5.43. The zero-order valence-electron chi connectivity index (χ0n) is 8.84. The Morgan fingerprint density at radius 3 is 3.14 bits per heavy atom. The largest absolute Gasteiger partial charge is 0.382 e. The van der Waals surface area contributed by atoms with Crippen molar-refractivity contribution in [3.63, 3.8) is 0 Å². The monoisotopic (exact) mass is 200 g/mol. The fourth-order valence-corrected chi connectivity index (χ4v) is 1.56. The Morgan fingerprint density at radius 2 is 2.50 bits per heavy atom. The molecule has 4 nitrogen and oxygen atoms in total. The minimum absolute atomic E-state index is 0.0436. The number of rotatable bonds is 6. The average Bonchev–Trinajstić information content (AvgIpc) is 2.70. The maximum Gasteiger partial charge on any atom is 0.237 e. The standard InChI is InChI=1S/C10H20N2O2/c1-2-14-8-4-7-12-10(13)9-5-3-6-11-9/h9,11H,2-8H2,1H3,(H,12,13). The maximum atomic E-state index is 11.5. The molecule has 82 valence electrons. The van der Waals surface area contributed by atoms with E-state index in [-0.39, 0.29) is 11.9 Å². The van der Waals surface area contributed by atoms with Crippen LogP contribution in [-0.4, -0.2) is 38.3 Å². The normalized spacial score (nSPS) is 21.1. The predicted molar refractivity (Wildman–Crippen MR) is 55.1 cm³/mol. The lowest BCUT2D eigenvalue weighted by atomic mass is 10.2. The van der Waals surface area contributed by atoms with Crippen LogP contribution in [-0.2, 0) is 9.53 Å². The number of carbonyl (C=O) groups is 1. The zero-order valence-corrected chi connectivity index (χ0v) is 8.84. The van der Waals surface area contributed by atoms with Crippen molar-refractivity contribution in [1.29, 1.82) is 0 Å². The van der Waals surface area contributed by atoms with Crippen LogP contribution in [0.5, 0.6) is 0 Å². The second-order valence-electron chi connectivity index (χ2n) is 3.49. The van der Waals surface area contributed by atoms with Crippen LogP contribution in [0.1, 0.15) is 26.2 Å². The first kappa shape index (κ1) is 11.5. The molecule has 0 spiro atoms. The molecule has 0 aromatic heterocycles. The van der Waals surface area contributed by atoms with Crippen molar-refractivity contribution in [3.05, 3.63) is 0 Å². The summed E-state index contributed by atoms with van der Waals surface area (Å²) in [6, 6.07) is 0.0436. The first-order valence-corrected chi connectivity index (χ1v) is 5.43. The van der Waals surface area contributed by atoms with Crippen molar-refractivity contribution >= 4 is 5.91 Å². The number of hydrogen-bond donors (Lipinski definition) is 2. The smallest absolute Gasteiger partial charge is 0.237 e. The molecule has 0 aromatic rings. The molecule has 1 rings (SSSR count). The highest BCUT2D eigenvalue weighted by Gasteiger charge is 2.20. The van der Waals surface area contributed by atoms with Crippen molar-refractivity contribution in [1.82, 2.24) is 10.6 Å². The van der Waals surface area contributed by atoms with Crippen LogP contribution in [0.15, 0.2) is 0 Å². The second kappa shape index (κ2) is 6.79. The van der Waals surface area contributed by atoms with Gasteiger partial charge in [-0.25, -0.2) is 0 Å². The molecule has 1 saturated heterocycles. The summed E-state index contributed by atoms with van der Waals surface area (Å²) in [6.45, 7) is 5.14. The SMILES string of the molecule is CCOCCCNC(=O)C1CCCN1. The van der Waals surface area contributed by atoms with E-state index >= 15 is 0 Å². The molecular weight excluding hydrogens is 180 g/mol. The Kier molecular flexibility index (Phi) is 5.56. The number of carbonyl (C=O) groups excluding carboxylic acids is 1. The third-order valence-corrected chi connectivity index (χ3v) is 2.35. The van der Waals surface area contributed by atoms with Gasteiger partial charge in [0.05, 0.1) is 6.04 Å². The first-order chi connectivity index (χ1) is 6.84. The van der Waals surface area contributed by atoms with Gasteiger partial charge in [-0.05, 0) is 32.7 Å². The highest BCUT2D eigenvalue weighted by Crippen LogP contribution is 2.04. The van der Waals surface area contributed by atoms with Crippen LogP contribution in [0, 0.1) is 0 Å². The number of hydrogen-bond acceptors (Lipinski definition) is 3. The van der Waals surface area contributed by atoms with Gasteiger partial charge in [0.2, 0.25) is 5.91 Å². The number of amides is 1. The Hall–Kier alpha value is -0.610. The molecule has 1 atom stereocenters. The second-order valence-corrected chi connectivity index (χ2v) is 3.49. The molecule has 1 heterocycles. The summed E-state index contributed by atoms with van der Waals surface area (Å²) in [7, 11) is 0. The van der Waals surface area contributed by atoms with Gasteiger partial charge in [0.15, 0.2) is 0 Å². The summed E-state index contributed by atoms with van der Waals surface area (Å²) in [6.07, 6.45) is 2.97. The van der Waals surface area contributed by atoms with E-state index in [1.54, 1.807) is 0 Å². The van der Waals surface area contributed by atoms with Gasteiger partial charge in [-0.3, -0.25) is 4.79 Å². The molecule has 1 fully saturated rings. The third kappa shape index (κ3) is 4.07. The van der Waals surface area contributed by atoms with Crippen LogP contribution >= 0.6 is 0 Å². The van der Waals surface area contributed by atoms with Crippen LogP contribution in [0.2, 0.25) is 0 Å². The summed E-state index contributed by atoms with van der Waals surface area (Å²) >= 11 is 0. The average molecular weight is 200 g/mol. The molecule has 0 radical (unpaired) electrons. The molecule has 1 aliphatic rings. The lowest BCUT2D eigenvalue weighted by Gasteiger charge is -2.10. The summed E-state index contributed by atoms with van der Waals surface area (Å²) in [4.78, 5) is 11.5. The van der Waals surface area contributed by atoms with E-state index in [1.807, 2.05) is 6.92 Å². The molecular formula is C10H20N2O2. The van der Waals surface area contributed by atoms with Gasteiger partial charge >= 0.3 is 0 Å². The maximum absolute atomic E-state index is 11.5. The van der Waals surface area contributed by atoms with E-state index < -0.39 is 0 Å². The van der Waals surface area contributed by atoms with Gasteiger partial charge in [-0.15, -0.1) is 0 Å². The van der Waals surface area contributed by atoms with Gasteiger partial charge in [0.1, 0.15) is 0 Å². The van der Waals surface area contributed by atoms with Crippen LogP contribution < -0.4 is 10.6 Å². The van der Waals surface area contributed by atoms with E-state index in [1.165, 1.54) is 0 Å². The highest BCUT2D eigenvalue weighted by molar-refractivity contribution is 5.81. The van der Waals surface area contributed by atoms with Gasteiger partial charge < -0.3 is 15.4 Å². The Morgan fingerprint density at radius 1 is 1.64 bits per heavy atom. The van der Waals surface area contributed by atoms with Crippen molar-refractivity contribution in [2.24, 2.45) is 0 Å². The molecule has 2 N–H and O–H groups in total. The fraction of sp³-hybridized carbons (Fsp3) is 0.900. The van der Waals surface area contributed by atoms with E-state index in [0.29, 0.717) is 0 Å². The summed E-state index contributed by atoms with van der Waals surface area (Å²) in [5.74, 6) is 0.138. The van der Waals surface area contributed by atoms with Crippen LogP contribution in [0.4, 0.5) is 0 Å². The molecule has 1 unspecified atom stereocenters. The summed E-state index contributed by atoms with van der Waals surface area (Å²) in [5.41, 5.74) is 0. The van der Waals surface area contributed by atoms with Gasteiger partial charge in [-0.2, -0.15) is 0 Å².